The van der Waals surface area contributed by atoms with E-state index >= 15 is 0 Å². The molecule has 2 N–H and O–H groups in total. The third-order valence-electron chi connectivity index (χ3n) is 3.25. The van der Waals surface area contributed by atoms with Crippen LogP contribution in [0.4, 0.5) is 14.9 Å². The van der Waals surface area contributed by atoms with Crippen molar-refractivity contribution in [2.75, 3.05) is 18.5 Å². The summed E-state index contributed by atoms with van der Waals surface area (Å²) in [6.45, 7) is 0.340. The summed E-state index contributed by atoms with van der Waals surface area (Å²) in [5.74, 6) is 0.296. The highest BCUT2D eigenvalue weighted by Crippen LogP contribution is 2.24. The highest BCUT2D eigenvalue weighted by molar-refractivity contribution is 6.33. The number of anilines is 1. The van der Waals surface area contributed by atoms with E-state index in [1.807, 2.05) is 0 Å². The van der Waals surface area contributed by atoms with Crippen LogP contribution in [0.5, 0.6) is 5.88 Å². The molecule has 0 bridgehead atoms. The molecule has 0 aliphatic heterocycles. The molecular formula is C17H14ClFN4O3. The lowest BCUT2D eigenvalue weighted by molar-refractivity contribution is 0.246. The number of carbonyl (C=O) groups excluding carboxylic acids is 1. The second kappa shape index (κ2) is 8.30. The van der Waals surface area contributed by atoms with Gasteiger partial charge in [0.25, 0.3) is 0 Å². The van der Waals surface area contributed by atoms with Gasteiger partial charge in [0.2, 0.25) is 5.88 Å². The first kappa shape index (κ1) is 17.7. The summed E-state index contributed by atoms with van der Waals surface area (Å²) in [6, 6.07) is 10.4. The van der Waals surface area contributed by atoms with Gasteiger partial charge in [-0.1, -0.05) is 17.7 Å². The normalized spacial score (nSPS) is 10.4. The van der Waals surface area contributed by atoms with Crippen LogP contribution >= 0.6 is 11.6 Å². The fraction of sp³-hybridized carbons (Fsp3) is 0.118. The molecule has 0 saturated heterocycles. The summed E-state index contributed by atoms with van der Waals surface area (Å²) < 4.78 is 24.2. The Morgan fingerprint density at radius 1 is 1.19 bits per heavy atom. The number of urea groups is 1. The van der Waals surface area contributed by atoms with E-state index in [0.29, 0.717) is 17.3 Å². The van der Waals surface area contributed by atoms with Crippen molar-refractivity contribution in [3.8, 4) is 17.3 Å². The topological polar surface area (TPSA) is 89.3 Å². The second-order valence-electron chi connectivity index (χ2n) is 5.06. The Hall–Kier alpha value is -3.13. The van der Waals surface area contributed by atoms with E-state index in [0.717, 1.165) is 0 Å². The van der Waals surface area contributed by atoms with Crippen molar-refractivity contribution in [2.24, 2.45) is 0 Å². The molecule has 0 aliphatic rings. The summed E-state index contributed by atoms with van der Waals surface area (Å²) in [7, 11) is 0. The van der Waals surface area contributed by atoms with Gasteiger partial charge in [0, 0.05) is 6.07 Å². The molecule has 2 aromatic heterocycles. The van der Waals surface area contributed by atoms with E-state index < -0.39 is 11.8 Å². The standard InChI is InChI=1S/C17H14ClFN4O3/c18-11-3-1-4-12(19)16(11)21-17(24)20-8-10-26-15-7-6-13(22-23-15)14-5-2-9-25-14/h1-7,9H,8,10H2,(H2,20,21,24). The molecule has 1 aromatic carbocycles. The van der Waals surface area contributed by atoms with Gasteiger partial charge < -0.3 is 19.8 Å². The van der Waals surface area contributed by atoms with E-state index in [2.05, 4.69) is 20.8 Å². The first-order valence-electron chi connectivity index (χ1n) is 7.63. The maximum atomic E-state index is 13.6. The number of benzene rings is 1. The van der Waals surface area contributed by atoms with E-state index in [4.69, 9.17) is 20.8 Å². The molecule has 0 saturated carbocycles. The summed E-state index contributed by atoms with van der Waals surface area (Å²) >= 11 is 5.84. The number of hydrogen-bond donors (Lipinski definition) is 2. The van der Waals surface area contributed by atoms with Crippen molar-refractivity contribution in [3.05, 3.63) is 59.6 Å². The molecule has 0 atom stereocenters. The lowest BCUT2D eigenvalue weighted by Crippen LogP contribution is -2.32. The van der Waals surface area contributed by atoms with Gasteiger partial charge in [-0.2, -0.15) is 0 Å². The van der Waals surface area contributed by atoms with Crippen LogP contribution in [0.15, 0.2) is 53.1 Å². The molecule has 26 heavy (non-hydrogen) atoms. The maximum absolute atomic E-state index is 13.6. The fourth-order valence-electron chi connectivity index (χ4n) is 2.05. The van der Waals surface area contributed by atoms with Crippen LogP contribution in [0, 0.1) is 5.82 Å². The quantitative estimate of drug-likeness (QED) is 0.640. The molecular weight excluding hydrogens is 363 g/mol. The van der Waals surface area contributed by atoms with Crippen molar-refractivity contribution in [1.29, 1.82) is 0 Å². The van der Waals surface area contributed by atoms with Gasteiger partial charge in [-0.25, -0.2) is 9.18 Å². The average Bonchev–Trinajstić information content (AvgIpc) is 3.17. The lowest BCUT2D eigenvalue weighted by atomic mass is 10.3. The number of para-hydroxylation sites is 1. The van der Waals surface area contributed by atoms with Gasteiger partial charge in [0.05, 0.1) is 23.5 Å². The zero-order valence-corrected chi connectivity index (χ0v) is 14.2. The average molecular weight is 377 g/mol. The van der Waals surface area contributed by atoms with Crippen LogP contribution < -0.4 is 15.4 Å². The molecule has 0 fully saturated rings. The van der Waals surface area contributed by atoms with Gasteiger partial charge in [-0.15, -0.1) is 10.2 Å². The molecule has 0 unspecified atom stereocenters. The third kappa shape index (κ3) is 4.48. The molecule has 9 heteroatoms. The third-order valence-corrected chi connectivity index (χ3v) is 3.57. The Labute approximate surface area is 153 Å². The Kier molecular flexibility index (Phi) is 5.65. The minimum Gasteiger partial charge on any atom is -0.475 e. The second-order valence-corrected chi connectivity index (χ2v) is 5.47. The predicted molar refractivity (Wildman–Crippen MR) is 93.7 cm³/mol. The summed E-state index contributed by atoms with van der Waals surface area (Å²) in [5, 5.41) is 12.9. The van der Waals surface area contributed by atoms with Crippen LogP contribution in [0.1, 0.15) is 0 Å². The number of nitrogens with zero attached hydrogens (tertiary/aromatic N) is 2. The highest BCUT2D eigenvalue weighted by atomic mass is 35.5. The first-order valence-corrected chi connectivity index (χ1v) is 8.00. The van der Waals surface area contributed by atoms with Gasteiger partial charge in [0.15, 0.2) is 5.76 Å². The Bertz CT molecular complexity index is 852. The van der Waals surface area contributed by atoms with Crippen LogP contribution in [0.3, 0.4) is 0 Å². The minimum atomic E-state index is -0.615. The Balaban J connectivity index is 1.43. The molecule has 0 spiro atoms. The van der Waals surface area contributed by atoms with Crippen LogP contribution in [0.2, 0.25) is 5.02 Å². The van der Waals surface area contributed by atoms with Gasteiger partial charge in [-0.05, 0) is 30.3 Å². The number of aromatic nitrogens is 2. The molecule has 2 amide bonds. The molecule has 134 valence electrons. The lowest BCUT2D eigenvalue weighted by Gasteiger charge is -2.10. The number of ether oxygens (including phenoxy) is 1. The number of halogens is 2. The van der Waals surface area contributed by atoms with Gasteiger partial charge >= 0.3 is 6.03 Å². The van der Waals surface area contributed by atoms with Crippen molar-refractivity contribution < 1.29 is 18.3 Å². The van der Waals surface area contributed by atoms with E-state index in [-0.39, 0.29) is 23.9 Å². The van der Waals surface area contributed by atoms with Crippen molar-refractivity contribution >= 4 is 23.3 Å². The molecule has 0 aliphatic carbocycles. The smallest absolute Gasteiger partial charge is 0.319 e. The monoisotopic (exact) mass is 376 g/mol. The van der Waals surface area contributed by atoms with Crippen LogP contribution in [-0.4, -0.2) is 29.4 Å². The summed E-state index contributed by atoms with van der Waals surface area (Å²) in [6.07, 6.45) is 1.55. The van der Waals surface area contributed by atoms with E-state index in [1.54, 1.807) is 30.5 Å². The van der Waals surface area contributed by atoms with Crippen molar-refractivity contribution in [1.82, 2.24) is 15.5 Å². The predicted octanol–water partition coefficient (Wildman–Crippen LogP) is 3.73. The zero-order valence-electron chi connectivity index (χ0n) is 13.4. The number of carbonyl (C=O) groups is 1. The molecule has 3 aromatic rings. The van der Waals surface area contributed by atoms with Gasteiger partial charge in [-0.3, -0.25) is 0 Å². The van der Waals surface area contributed by atoms with Crippen LogP contribution in [0.25, 0.3) is 11.5 Å². The molecule has 7 nitrogen and oxygen atoms in total. The van der Waals surface area contributed by atoms with Crippen molar-refractivity contribution in [3.63, 3.8) is 0 Å². The van der Waals surface area contributed by atoms with E-state index in [9.17, 15) is 9.18 Å². The zero-order chi connectivity index (χ0) is 18.4. The van der Waals surface area contributed by atoms with Gasteiger partial charge in [0.1, 0.15) is 18.1 Å². The first-order chi connectivity index (χ1) is 12.6. The molecule has 0 radical (unpaired) electrons. The number of hydrogen-bond acceptors (Lipinski definition) is 5. The fourth-order valence-corrected chi connectivity index (χ4v) is 2.26. The largest absolute Gasteiger partial charge is 0.475 e. The summed E-state index contributed by atoms with van der Waals surface area (Å²) in [5.41, 5.74) is 0.508. The SMILES string of the molecule is O=C(NCCOc1ccc(-c2ccco2)nn1)Nc1c(F)cccc1Cl. The Morgan fingerprint density at radius 2 is 2.08 bits per heavy atom. The molecule has 3 rings (SSSR count). The number of rotatable bonds is 6. The number of furan rings is 1. The van der Waals surface area contributed by atoms with Crippen LogP contribution in [-0.2, 0) is 0 Å². The summed E-state index contributed by atoms with van der Waals surface area (Å²) in [4.78, 5) is 11.8. The highest BCUT2D eigenvalue weighted by Gasteiger charge is 2.10. The van der Waals surface area contributed by atoms with Crippen molar-refractivity contribution in [2.45, 2.75) is 0 Å². The molecule has 2 heterocycles. The Morgan fingerprint density at radius 3 is 2.77 bits per heavy atom. The van der Waals surface area contributed by atoms with E-state index in [1.165, 1.54) is 18.2 Å². The number of amides is 2. The minimum absolute atomic E-state index is 0.0769. The maximum Gasteiger partial charge on any atom is 0.319 e. The number of nitrogens with one attached hydrogen (secondary N) is 2.